The normalized spacial score (nSPS) is 10.1. The summed E-state index contributed by atoms with van der Waals surface area (Å²) in [5, 5.41) is 0. The number of halogens is 1. The lowest BCUT2D eigenvalue weighted by Gasteiger charge is -2.15. The van der Waals surface area contributed by atoms with Crippen molar-refractivity contribution in [2.75, 3.05) is 25.7 Å². The van der Waals surface area contributed by atoms with E-state index in [9.17, 15) is 4.79 Å². The molecule has 15 heavy (non-hydrogen) atoms. The lowest BCUT2D eigenvalue weighted by atomic mass is 10.2. The molecule has 4 heteroatoms. The van der Waals surface area contributed by atoms with Crippen molar-refractivity contribution in [3.05, 3.63) is 29.8 Å². The summed E-state index contributed by atoms with van der Waals surface area (Å²) >= 11 is 7.24. The van der Waals surface area contributed by atoms with E-state index in [-0.39, 0.29) is 5.91 Å². The Hall–Kier alpha value is -0.670. The minimum absolute atomic E-state index is 0.0169. The molecule has 0 heterocycles. The van der Waals surface area contributed by atoms with Crippen LogP contribution in [0, 0.1) is 0 Å². The maximum atomic E-state index is 11.8. The van der Waals surface area contributed by atoms with Crippen molar-refractivity contribution >= 4 is 29.3 Å². The summed E-state index contributed by atoms with van der Waals surface area (Å²) in [7, 11) is 1.76. The van der Waals surface area contributed by atoms with Crippen LogP contribution in [0.15, 0.2) is 29.2 Å². The Labute approximate surface area is 99.6 Å². The Kier molecular flexibility index (Phi) is 4.99. The fourth-order valence-corrected chi connectivity index (χ4v) is 1.84. The van der Waals surface area contributed by atoms with Crippen molar-refractivity contribution in [3.63, 3.8) is 0 Å². The molecule has 1 rings (SSSR count). The standard InChI is InChI=1S/C11H14ClNOS/c1-13(8-7-12)11(14)9-3-5-10(15-2)6-4-9/h3-6H,7-8H2,1-2H3. The highest BCUT2D eigenvalue weighted by atomic mass is 35.5. The summed E-state index contributed by atoms with van der Waals surface area (Å²) in [6, 6.07) is 7.59. The van der Waals surface area contributed by atoms with Gasteiger partial charge in [-0.05, 0) is 30.5 Å². The summed E-state index contributed by atoms with van der Waals surface area (Å²) in [6.07, 6.45) is 2.01. The molecule has 0 aliphatic carbocycles. The van der Waals surface area contributed by atoms with Gasteiger partial charge in [-0.2, -0.15) is 0 Å². The molecule has 1 amide bonds. The van der Waals surface area contributed by atoms with E-state index in [0.29, 0.717) is 18.0 Å². The SMILES string of the molecule is CSc1ccc(C(=O)N(C)CCCl)cc1. The van der Waals surface area contributed by atoms with Crippen LogP contribution in [0.1, 0.15) is 10.4 Å². The van der Waals surface area contributed by atoms with E-state index < -0.39 is 0 Å². The third-order valence-corrected chi connectivity index (χ3v) is 3.02. The molecule has 1 aromatic rings. The molecule has 0 aromatic heterocycles. The topological polar surface area (TPSA) is 20.3 Å². The van der Waals surface area contributed by atoms with Crippen molar-refractivity contribution in [1.82, 2.24) is 4.90 Å². The van der Waals surface area contributed by atoms with Crippen LogP contribution >= 0.6 is 23.4 Å². The molecule has 0 fully saturated rings. The molecular weight excluding hydrogens is 230 g/mol. The van der Waals surface area contributed by atoms with Gasteiger partial charge in [0.1, 0.15) is 0 Å². The number of benzene rings is 1. The van der Waals surface area contributed by atoms with Gasteiger partial charge in [0, 0.05) is 29.9 Å². The summed E-state index contributed by atoms with van der Waals surface area (Å²) in [6.45, 7) is 0.574. The molecule has 0 saturated carbocycles. The number of carbonyl (C=O) groups is 1. The van der Waals surface area contributed by atoms with Gasteiger partial charge in [0.2, 0.25) is 0 Å². The van der Waals surface area contributed by atoms with Gasteiger partial charge in [0.25, 0.3) is 5.91 Å². The molecule has 0 saturated heterocycles. The zero-order valence-corrected chi connectivity index (χ0v) is 10.4. The molecule has 0 bridgehead atoms. The maximum Gasteiger partial charge on any atom is 0.253 e. The van der Waals surface area contributed by atoms with Crippen molar-refractivity contribution in [1.29, 1.82) is 0 Å². The Morgan fingerprint density at radius 1 is 1.40 bits per heavy atom. The van der Waals surface area contributed by atoms with Crippen LogP contribution in [0.4, 0.5) is 0 Å². The van der Waals surface area contributed by atoms with Crippen LogP contribution in [0.25, 0.3) is 0 Å². The van der Waals surface area contributed by atoms with E-state index in [2.05, 4.69) is 0 Å². The first-order valence-electron chi connectivity index (χ1n) is 4.64. The molecule has 2 nitrogen and oxygen atoms in total. The van der Waals surface area contributed by atoms with E-state index in [1.54, 1.807) is 23.7 Å². The second-order valence-corrected chi connectivity index (χ2v) is 4.40. The van der Waals surface area contributed by atoms with E-state index >= 15 is 0 Å². The molecule has 0 radical (unpaired) electrons. The van der Waals surface area contributed by atoms with Crippen LogP contribution in [0.3, 0.4) is 0 Å². The minimum atomic E-state index is 0.0169. The summed E-state index contributed by atoms with van der Waals surface area (Å²) in [5.41, 5.74) is 0.709. The summed E-state index contributed by atoms with van der Waals surface area (Å²) in [4.78, 5) is 14.6. The Bertz CT molecular complexity index is 326. The molecule has 82 valence electrons. The first kappa shape index (κ1) is 12.4. The van der Waals surface area contributed by atoms with Crippen molar-refractivity contribution in [2.24, 2.45) is 0 Å². The Balaban J connectivity index is 2.73. The molecule has 0 atom stereocenters. The number of hydrogen-bond donors (Lipinski definition) is 0. The number of amides is 1. The van der Waals surface area contributed by atoms with Crippen molar-refractivity contribution in [3.8, 4) is 0 Å². The second kappa shape index (κ2) is 6.03. The lowest BCUT2D eigenvalue weighted by Crippen LogP contribution is -2.28. The third kappa shape index (κ3) is 3.43. The number of rotatable bonds is 4. The highest BCUT2D eigenvalue weighted by Crippen LogP contribution is 2.15. The molecule has 0 aliphatic heterocycles. The predicted molar refractivity (Wildman–Crippen MR) is 65.9 cm³/mol. The number of hydrogen-bond acceptors (Lipinski definition) is 2. The first-order chi connectivity index (χ1) is 7.19. The minimum Gasteiger partial charge on any atom is -0.341 e. The zero-order chi connectivity index (χ0) is 11.3. The van der Waals surface area contributed by atoms with Crippen LogP contribution in [0.2, 0.25) is 0 Å². The molecule has 0 aliphatic rings. The van der Waals surface area contributed by atoms with E-state index in [0.717, 1.165) is 4.90 Å². The fraction of sp³-hybridized carbons (Fsp3) is 0.364. The van der Waals surface area contributed by atoms with Gasteiger partial charge in [0.05, 0.1) is 0 Å². The third-order valence-electron chi connectivity index (χ3n) is 2.10. The molecule has 0 N–H and O–H groups in total. The van der Waals surface area contributed by atoms with Gasteiger partial charge in [-0.3, -0.25) is 4.79 Å². The van der Waals surface area contributed by atoms with E-state index in [1.807, 2.05) is 30.5 Å². The van der Waals surface area contributed by atoms with Gasteiger partial charge in [-0.15, -0.1) is 23.4 Å². The monoisotopic (exact) mass is 243 g/mol. The maximum absolute atomic E-state index is 11.8. The number of alkyl halides is 1. The quantitative estimate of drug-likeness (QED) is 0.599. The highest BCUT2D eigenvalue weighted by Gasteiger charge is 2.10. The van der Waals surface area contributed by atoms with Gasteiger partial charge < -0.3 is 4.90 Å². The second-order valence-electron chi connectivity index (χ2n) is 3.14. The largest absolute Gasteiger partial charge is 0.341 e. The number of thioether (sulfide) groups is 1. The lowest BCUT2D eigenvalue weighted by molar-refractivity contribution is 0.0803. The van der Waals surface area contributed by atoms with Crippen LogP contribution in [0.5, 0.6) is 0 Å². The molecule has 1 aromatic carbocycles. The summed E-state index contributed by atoms with van der Waals surface area (Å²) < 4.78 is 0. The number of carbonyl (C=O) groups excluding carboxylic acids is 1. The van der Waals surface area contributed by atoms with Crippen LogP contribution < -0.4 is 0 Å². The first-order valence-corrected chi connectivity index (χ1v) is 6.40. The Morgan fingerprint density at radius 3 is 2.47 bits per heavy atom. The van der Waals surface area contributed by atoms with E-state index in [1.165, 1.54) is 0 Å². The van der Waals surface area contributed by atoms with Gasteiger partial charge >= 0.3 is 0 Å². The van der Waals surface area contributed by atoms with Crippen LogP contribution in [-0.4, -0.2) is 36.5 Å². The summed E-state index contributed by atoms with van der Waals surface area (Å²) in [5.74, 6) is 0.480. The van der Waals surface area contributed by atoms with E-state index in [4.69, 9.17) is 11.6 Å². The predicted octanol–water partition coefficient (Wildman–Crippen LogP) is 2.72. The average molecular weight is 244 g/mol. The zero-order valence-electron chi connectivity index (χ0n) is 8.87. The fourth-order valence-electron chi connectivity index (χ4n) is 1.18. The van der Waals surface area contributed by atoms with Crippen molar-refractivity contribution in [2.45, 2.75) is 4.90 Å². The smallest absolute Gasteiger partial charge is 0.253 e. The van der Waals surface area contributed by atoms with Crippen LogP contribution in [-0.2, 0) is 0 Å². The number of nitrogens with zero attached hydrogens (tertiary/aromatic N) is 1. The Morgan fingerprint density at radius 2 is 2.00 bits per heavy atom. The molecule has 0 spiro atoms. The molecule has 0 unspecified atom stereocenters. The van der Waals surface area contributed by atoms with Gasteiger partial charge in [0.15, 0.2) is 0 Å². The average Bonchev–Trinajstić information content (AvgIpc) is 2.28. The van der Waals surface area contributed by atoms with Crippen molar-refractivity contribution < 1.29 is 4.79 Å². The van der Waals surface area contributed by atoms with Gasteiger partial charge in [-0.25, -0.2) is 0 Å². The highest BCUT2D eigenvalue weighted by molar-refractivity contribution is 7.98. The van der Waals surface area contributed by atoms with Gasteiger partial charge in [-0.1, -0.05) is 0 Å². The molecular formula is C11H14ClNOS.